The number of nitrogens with one attached hydrogen (secondary N) is 1. The molecule has 0 aliphatic heterocycles. The number of hydrogen-bond donors (Lipinski definition) is 1. The fourth-order valence-electron chi connectivity index (χ4n) is 1.60. The van der Waals surface area contributed by atoms with Gasteiger partial charge in [-0.15, -0.1) is 0 Å². The van der Waals surface area contributed by atoms with Crippen molar-refractivity contribution in [2.24, 2.45) is 0 Å². The monoisotopic (exact) mass is 271 g/mol. The second kappa shape index (κ2) is 5.98. The molecule has 0 bridgehead atoms. The fourth-order valence-corrected chi connectivity index (χ4v) is 1.82. The second-order valence-corrected chi connectivity index (χ2v) is 4.20. The van der Waals surface area contributed by atoms with Gasteiger partial charge < -0.3 is 5.32 Å². The number of hydrogen-bond acceptors (Lipinski definition) is 3. The van der Waals surface area contributed by atoms with Gasteiger partial charge in [0.15, 0.2) is 0 Å². The van der Waals surface area contributed by atoms with E-state index in [4.69, 9.17) is 16.9 Å². The lowest BCUT2D eigenvalue weighted by Gasteiger charge is -2.12. The van der Waals surface area contributed by atoms with Crippen LogP contribution in [0.15, 0.2) is 48.8 Å². The number of nitriles is 1. The van der Waals surface area contributed by atoms with Crippen LogP contribution in [0.5, 0.6) is 0 Å². The SMILES string of the molecule is N#CC(NC(=O)c1ccccc1Cl)c1ccncc1. The zero-order chi connectivity index (χ0) is 13.7. The minimum atomic E-state index is -0.730. The van der Waals surface area contributed by atoms with Gasteiger partial charge in [0.1, 0.15) is 6.04 Å². The number of aromatic nitrogens is 1. The smallest absolute Gasteiger partial charge is 0.254 e. The Bertz CT molecular complexity index is 622. The van der Waals surface area contributed by atoms with E-state index in [0.717, 1.165) is 0 Å². The molecule has 0 aliphatic carbocycles. The van der Waals surface area contributed by atoms with Gasteiger partial charge in [-0.2, -0.15) is 5.26 Å². The summed E-state index contributed by atoms with van der Waals surface area (Å²) in [4.78, 5) is 15.9. The standard InChI is InChI=1S/C14H10ClN3O/c15-12-4-2-1-3-11(12)14(19)18-13(9-16)10-5-7-17-8-6-10/h1-8,13H,(H,18,19). The number of pyridine rings is 1. The third-order valence-electron chi connectivity index (χ3n) is 2.56. The highest BCUT2D eigenvalue weighted by atomic mass is 35.5. The largest absolute Gasteiger partial charge is 0.332 e. The number of amides is 1. The summed E-state index contributed by atoms with van der Waals surface area (Å²) in [7, 11) is 0. The van der Waals surface area contributed by atoms with Crippen LogP contribution in [-0.2, 0) is 0 Å². The van der Waals surface area contributed by atoms with Gasteiger partial charge >= 0.3 is 0 Å². The van der Waals surface area contributed by atoms with Crippen molar-refractivity contribution in [1.29, 1.82) is 5.26 Å². The third-order valence-corrected chi connectivity index (χ3v) is 2.89. The summed E-state index contributed by atoms with van der Waals surface area (Å²) in [6.07, 6.45) is 3.14. The molecule has 0 saturated heterocycles. The van der Waals surface area contributed by atoms with Crippen LogP contribution in [0.4, 0.5) is 0 Å². The number of carbonyl (C=O) groups is 1. The second-order valence-electron chi connectivity index (χ2n) is 3.80. The summed E-state index contributed by atoms with van der Waals surface area (Å²) in [6.45, 7) is 0. The maximum atomic E-state index is 12.0. The maximum absolute atomic E-state index is 12.0. The van der Waals surface area contributed by atoms with Crippen molar-refractivity contribution in [1.82, 2.24) is 10.3 Å². The van der Waals surface area contributed by atoms with Crippen LogP contribution >= 0.6 is 11.6 Å². The topological polar surface area (TPSA) is 65.8 Å². The van der Waals surface area contributed by atoms with Crippen molar-refractivity contribution in [3.05, 3.63) is 64.9 Å². The molecule has 0 aliphatic rings. The van der Waals surface area contributed by atoms with Crippen molar-refractivity contribution in [3.8, 4) is 6.07 Å². The Labute approximate surface area is 115 Å². The molecule has 94 valence electrons. The van der Waals surface area contributed by atoms with Gasteiger partial charge in [0.2, 0.25) is 0 Å². The van der Waals surface area contributed by atoms with E-state index in [-0.39, 0.29) is 5.91 Å². The Morgan fingerprint density at radius 3 is 2.58 bits per heavy atom. The molecule has 2 aromatic rings. The van der Waals surface area contributed by atoms with E-state index < -0.39 is 6.04 Å². The first-order valence-electron chi connectivity index (χ1n) is 5.57. The van der Waals surface area contributed by atoms with Gasteiger partial charge in [0.25, 0.3) is 5.91 Å². The van der Waals surface area contributed by atoms with Crippen molar-refractivity contribution >= 4 is 17.5 Å². The minimum Gasteiger partial charge on any atom is -0.332 e. The zero-order valence-corrected chi connectivity index (χ0v) is 10.6. The maximum Gasteiger partial charge on any atom is 0.254 e. The van der Waals surface area contributed by atoms with Crippen LogP contribution in [-0.4, -0.2) is 10.9 Å². The Balaban J connectivity index is 2.19. The van der Waals surface area contributed by atoms with Crippen molar-refractivity contribution in [3.63, 3.8) is 0 Å². The van der Waals surface area contributed by atoms with E-state index in [9.17, 15) is 4.79 Å². The molecule has 4 nitrogen and oxygen atoms in total. The Morgan fingerprint density at radius 2 is 1.95 bits per heavy atom. The molecule has 1 amide bonds. The Kier molecular flexibility index (Phi) is 4.11. The molecule has 0 fully saturated rings. The Morgan fingerprint density at radius 1 is 1.26 bits per heavy atom. The van der Waals surface area contributed by atoms with Crippen LogP contribution in [0.25, 0.3) is 0 Å². The summed E-state index contributed by atoms with van der Waals surface area (Å²) < 4.78 is 0. The molecule has 1 aromatic heterocycles. The zero-order valence-electron chi connectivity index (χ0n) is 9.88. The van der Waals surface area contributed by atoms with Gasteiger partial charge in [-0.25, -0.2) is 0 Å². The fraction of sp³-hybridized carbons (Fsp3) is 0.0714. The van der Waals surface area contributed by atoms with E-state index in [1.807, 2.05) is 6.07 Å². The molecule has 0 saturated carbocycles. The summed E-state index contributed by atoms with van der Waals surface area (Å²) in [5.74, 6) is -0.381. The normalized spacial score (nSPS) is 11.4. The van der Waals surface area contributed by atoms with Crippen LogP contribution in [0.2, 0.25) is 5.02 Å². The lowest BCUT2D eigenvalue weighted by atomic mass is 10.1. The molecule has 1 aromatic carbocycles. The number of carbonyl (C=O) groups excluding carboxylic acids is 1. The van der Waals surface area contributed by atoms with Gasteiger partial charge in [0, 0.05) is 12.4 Å². The highest BCUT2D eigenvalue weighted by Gasteiger charge is 2.16. The average Bonchev–Trinajstić information content (AvgIpc) is 2.46. The number of nitrogens with zero attached hydrogens (tertiary/aromatic N) is 2. The Hall–Kier alpha value is -2.38. The highest BCUT2D eigenvalue weighted by Crippen LogP contribution is 2.17. The predicted molar refractivity (Wildman–Crippen MR) is 71.5 cm³/mol. The van der Waals surface area contributed by atoms with Crippen molar-refractivity contribution in [2.45, 2.75) is 6.04 Å². The van der Waals surface area contributed by atoms with Gasteiger partial charge in [0.05, 0.1) is 16.7 Å². The van der Waals surface area contributed by atoms with Gasteiger partial charge in [-0.05, 0) is 29.8 Å². The van der Waals surface area contributed by atoms with E-state index in [1.54, 1.807) is 48.8 Å². The van der Waals surface area contributed by atoms with Gasteiger partial charge in [-0.3, -0.25) is 9.78 Å². The molecule has 1 atom stereocenters. The lowest BCUT2D eigenvalue weighted by Crippen LogP contribution is -2.27. The summed E-state index contributed by atoms with van der Waals surface area (Å²) in [6, 6.07) is 11.4. The molecule has 1 unspecified atom stereocenters. The van der Waals surface area contributed by atoms with E-state index in [2.05, 4.69) is 10.3 Å². The predicted octanol–water partition coefficient (Wildman–Crippen LogP) is 2.73. The van der Waals surface area contributed by atoms with Crippen LogP contribution in [0.3, 0.4) is 0 Å². The van der Waals surface area contributed by atoms with E-state index >= 15 is 0 Å². The van der Waals surface area contributed by atoms with Crippen molar-refractivity contribution in [2.75, 3.05) is 0 Å². The molecule has 0 radical (unpaired) electrons. The summed E-state index contributed by atoms with van der Waals surface area (Å²) in [5, 5.41) is 12.1. The van der Waals surface area contributed by atoms with Gasteiger partial charge in [-0.1, -0.05) is 23.7 Å². The first-order valence-corrected chi connectivity index (χ1v) is 5.95. The number of benzene rings is 1. The van der Waals surface area contributed by atoms with Crippen LogP contribution < -0.4 is 5.32 Å². The molecule has 5 heteroatoms. The van der Waals surface area contributed by atoms with Crippen molar-refractivity contribution < 1.29 is 4.79 Å². The first kappa shape index (κ1) is 13.1. The first-order chi connectivity index (χ1) is 9.22. The quantitative estimate of drug-likeness (QED) is 0.933. The molecular weight excluding hydrogens is 262 g/mol. The van der Waals surface area contributed by atoms with E-state index in [1.165, 1.54) is 0 Å². The molecule has 1 N–H and O–H groups in total. The van der Waals surface area contributed by atoms with Crippen LogP contribution in [0.1, 0.15) is 22.0 Å². The number of halogens is 1. The lowest BCUT2D eigenvalue weighted by molar-refractivity contribution is 0.0945. The molecular formula is C14H10ClN3O. The molecule has 1 heterocycles. The molecule has 0 spiro atoms. The minimum absolute atomic E-state index is 0.346. The van der Waals surface area contributed by atoms with E-state index in [0.29, 0.717) is 16.1 Å². The average molecular weight is 272 g/mol. The summed E-state index contributed by atoms with van der Waals surface area (Å²) in [5.41, 5.74) is 1.02. The number of rotatable bonds is 3. The molecule has 19 heavy (non-hydrogen) atoms. The summed E-state index contributed by atoms with van der Waals surface area (Å²) >= 11 is 5.94. The molecule has 2 rings (SSSR count). The highest BCUT2D eigenvalue weighted by molar-refractivity contribution is 6.33. The third kappa shape index (κ3) is 3.09. The van der Waals surface area contributed by atoms with Crippen LogP contribution in [0, 0.1) is 11.3 Å².